The second kappa shape index (κ2) is 26.9. The molecule has 2 aromatic heterocycles. The Morgan fingerprint density at radius 2 is 0.875 bits per heavy atom. The van der Waals surface area contributed by atoms with Gasteiger partial charge < -0.3 is 28.5 Å². The first-order valence-corrected chi connectivity index (χ1v) is 23.9. The first-order valence-electron chi connectivity index (χ1n) is 22.7. The third kappa shape index (κ3) is 16.3. The molecule has 0 bridgehead atoms. The lowest BCUT2D eigenvalue weighted by Crippen LogP contribution is -2.17. The van der Waals surface area contributed by atoms with Crippen molar-refractivity contribution in [1.82, 2.24) is 10.6 Å². The van der Waals surface area contributed by atoms with Crippen molar-refractivity contribution in [3.05, 3.63) is 167 Å². The summed E-state index contributed by atoms with van der Waals surface area (Å²) in [5, 5.41) is 6.53. The van der Waals surface area contributed by atoms with Gasteiger partial charge in [0.2, 0.25) is 0 Å². The van der Waals surface area contributed by atoms with E-state index in [4.69, 9.17) is 17.9 Å². The number of benzene rings is 4. The molecule has 342 valence electrons. The van der Waals surface area contributed by atoms with Crippen molar-refractivity contribution in [2.45, 2.75) is 103 Å². The molecule has 0 aliphatic carbocycles. The van der Waals surface area contributed by atoms with Crippen molar-refractivity contribution >= 4 is 8.25 Å². The highest BCUT2D eigenvalue weighted by Crippen LogP contribution is 2.31. The smallest absolute Gasteiger partial charge is 0.319 e. The van der Waals surface area contributed by atoms with Crippen LogP contribution in [0.15, 0.2) is 119 Å². The minimum atomic E-state index is -2.67. The largest absolute Gasteiger partial charge is 0.472 e. The van der Waals surface area contributed by atoms with E-state index >= 15 is 8.78 Å². The van der Waals surface area contributed by atoms with Gasteiger partial charge in [0.15, 0.2) is 0 Å². The molecule has 0 amide bonds. The van der Waals surface area contributed by atoms with Crippen LogP contribution in [-0.2, 0) is 52.4 Å². The van der Waals surface area contributed by atoms with Gasteiger partial charge in [-0.15, -0.1) is 0 Å². The molecule has 6 aromatic rings. The van der Waals surface area contributed by atoms with Crippen LogP contribution in [0.3, 0.4) is 0 Å². The molecule has 0 radical (unpaired) electrons. The standard InChI is InChI=1S/C52H61F4N2O5P/c53-47-19-15-39(16-20-47)11-5-1-3-7-13-41-33-51(55)45(31-49(41)43-23-29-60-37-43)35-57-25-9-27-62-64(59)63-28-10-26-58-36-46-32-50(44-24-30-61-38-44)42(34-52(46)56)14-8-4-2-6-12-40-17-21-48(54)22-18-40/h15-24,29-34,37-38,57-58,64H,1-14,25-28,35-36H2. The van der Waals surface area contributed by atoms with Gasteiger partial charge in [0.25, 0.3) is 0 Å². The minimum absolute atomic E-state index is 0.219. The molecular formula is C52H61F4N2O5P. The zero-order chi connectivity index (χ0) is 44.8. The van der Waals surface area contributed by atoms with Crippen LogP contribution in [0.1, 0.15) is 97.6 Å². The number of nitrogens with one attached hydrogen (secondary N) is 2. The third-order valence-corrected chi connectivity index (χ3v) is 12.3. The maximum Gasteiger partial charge on any atom is 0.319 e. The Balaban J connectivity index is 0.830. The lowest BCUT2D eigenvalue weighted by atomic mass is 9.94. The van der Waals surface area contributed by atoms with Crippen molar-refractivity contribution < 1.29 is 40.0 Å². The highest BCUT2D eigenvalue weighted by molar-refractivity contribution is 7.33. The molecule has 12 heteroatoms. The summed E-state index contributed by atoms with van der Waals surface area (Å²) >= 11 is 0. The van der Waals surface area contributed by atoms with Crippen LogP contribution in [0, 0.1) is 23.3 Å². The number of hydrogen-bond acceptors (Lipinski definition) is 7. The molecular weight excluding hydrogens is 840 g/mol. The first kappa shape index (κ1) is 48.7. The second-order valence-corrected chi connectivity index (χ2v) is 17.4. The minimum Gasteiger partial charge on any atom is -0.472 e. The Morgan fingerprint density at radius 1 is 0.469 bits per heavy atom. The predicted octanol–water partition coefficient (Wildman–Crippen LogP) is 13.5. The van der Waals surface area contributed by atoms with E-state index in [0.29, 0.717) is 50.1 Å². The Hall–Kier alpha value is -4.77. The lowest BCUT2D eigenvalue weighted by Gasteiger charge is -2.13. The van der Waals surface area contributed by atoms with Crippen molar-refractivity contribution in [3.8, 4) is 22.3 Å². The van der Waals surface area contributed by atoms with E-state index in [1.165, 1.54) is 24.3 Å². The molecule has 0 spiro atoms. The molecule has 2 heterocycles. The van der Waals surface area contributed by atoms with Gasteiger partial charge in [0, 0.05) is 35.3 Å². The molecule has 6 rings (SSSR count). The topological polar surface area (TPSA) is 85.9 Å². The van der Waals surface area contributed by atoms with Crippen LogP contribution in [0.25, 0.3) is 22.3 Å². The summed E-state index contributed by atoms with van der Waals surface area (Å²) in [4.78, 5) is 0. The number of rotatable bonds is 30. The molecule has 0 saturated carbocycles. The van der Waals surface area contributed by atoms with E-state index in [1.807, 2.05) is 48.5 Å². The average Bonchev–Trinajstić information content (AvgIpc) is 4.04. The highest BCUT2D eigenvalue weighted by Gasteiger charge is 2.15. The number of unbranched alkanes of at least 4 members (excludes halogenated alkanes) is 6. The molecule has 4 aromatic carbocycles. The summed E-state index contributed by atoms with van der Waals surface area (Å²) < 4.78 is 90.8. The van der Waals surface area contributed by atoms with Crippen molar-refractivity contribution in [3.63, 3.8) is 0 Å². The molecule has 0 aliphatic heterocycles. The monoisotopic (exact) mass is 900 g/mol. The number of aryl methyl sites for hydroxylation is 4. The summed E-state index contributed by atoms with van der Waals surface area (Å²) in [6, 6.07) is 24.2. The molecule has 0 fully saturated rings. The maximum atomic E-state index is 15.3. The van der Waals surface area contributed by atoms with Gasteiger partial charge in [0.05, 0.1) is 38.3 Å². The van der Waals surface area contributed by atoms with Gasteiger partial charge in [0.1, 0.15) is 23.3 Å². The summed E-state index contributed by atoms with van der Waals surface area (Å²) in [5.41, 5.74) is 9.03. The van der Waals surface area contributed by atoms with Gasteiger partial charge in [-0.2, -0.15) is 0 Å². The summed E-state index contributed by atoms with van der Waals surface area (Å²) in [5.74, 6) is -0.953. The van der Waals surface area contributed by atoms with E-state index in [9.17, 15) is 13.3 Å². The fourth-order valence-electron chi connectivity index (χ4n) is 7.87. The Bertz CT molecular complexity index is 2110. The van der Waals surface area contributed by atoms with Crippen LogP contribution < -0.4 is 10.6 Å². The molecule has 0 atom stereocenters. The van der Waals surface area contributed by atoms with E-state index in [2.05, 4.69) is 10.6 Å². The Kier molecular flexibility index (Phi) is 20.4. The number of halogens is 4. The van der Waals surface area contributed by atoms with Gasteiger partial charge >= 0.3 is 8.25 Å². The fourth-order valence-corrected chi connectivity index (χ4v) is 8.57. The maximum absolute atomic E-state index is 15.3. The molecule has 64 heavy (non-hydrogen) atoms. The number of hydrogen-bond donors (Lipinski definition) is 2. The third-order valence-electron chi connectivity index (χ3n) is 11.4. The van der Waals surface area contributed by atoms with Crippen LogP contribution in [0.5, 0.6) is 0 Å². The first-order chi connectivity index (χ1) is 31.3. The van der Waals surface area contributed by atoms with Crippen LogP contribution in [0.4, 0.5) is 17.6 Å². The summed E-state index contributed by atoms with van der Waals surface area (Å²) in [6.45, 7) is 2.22. The molecule has 0 aliphatic rings. The van der Waals surface area contributed by atoms with Crippen LogP contribution in [0.2, 0.25) is 0 Å². The van der Waals surface area contributed by atoms with Crippen molar-refractivity contribution in [2.75, 3.05) is 26.3 Å². The summed E-state index contributed by atoms with van der Waals surface area (Å²) in [7, 11) is -2.67. The van der Waals surface area contributed by atoms with E-state index in [-0.39, 0.29) is 36.5 Å². The van der Waals surface area contributed by atoms with Crippen molar-refractivity contribution in [2.24, 2.45) is 0 Å². The van der Waals surface area contributed by atoms with E-state index in [1.54, 1.807) is 37.2 Å². The molecule has 0 unspecified atom stereocenters. The molecule has 0 saturated heterocycles. The molecule has 7 nitrogen and oxygen atoms in total. The van der Waals surface area contributed by atoms with Crippen LogP contribution in [-0.4, -0.2) is 26.3 Å². The van der Waals surface area contributed by atoms with E-state index in [0.717, 1.165) is 122 Å². The van der Waals surface area contributed by atoms with Crippen LogP contribution >= 0.6 is 8.25 Å². The predicted molar refractivity (Wildman–Crippen MR) is 246 cm³/mol. The molecule has 2 N–H and O–H groups in total. The van der Waals surface area contributed by atoms with Gasteiger partial charge in [-0.3, -0.25) is 4.57 Å². The summed E-state index contributed by atoms with van der Waals surface area (Å²) in [6.07, 6.45) is 19.1. The van der Waals surface area contributed by atoms with E-state index < -0.39 is 8.25 Å². The fraction of sp³-hybridized carbons (Fsp3) is 0.385. The van der Waals surface area contributed by atoms with Crippen molar-refractivity contribution in [1.29, 1.82) is 0 Å². The van der Waals surface area contributed by atoms with Gasteiger partial charge in [-0.25, -0.2) is 17.6 Å². The normalized spacial score (nSPS) is 11.6. The SMILES string of the molecule is O=[PH](OCCCNCc1cc(-c2ccoc2)c(CCCCCCc2ccc(F)cc2)cc1F)OCCCNCc1cc(-c2ccoc2)c(CCCCCCc2ccc(F)cc2)cc1F. The average molecular weight is 901 g/mol. The quantitative estimate of drug-likeness (QED) is 0.0265. The highest BCUT2D eigenvalue weighted by atomic mass is 31.1. The second-order valence-electron chi connectivity index (χ2n) is 16.3. The van der Waals surface area contributed by atoms with Gasteiger partial charge in [-0.05, 0) is 171 Å². The number of furan rings is 2. The Labute approximate surface area is 375 Å². The zero-order valence-electron chi connectivity index (χ0n) is 36.6. The van der Waals surface area contributed by atoms with Gasteiger partial charge in [-0.1, -0.05) is 49.9 Å². The lowest BCUT2D eigenvalue weighted by molar-refractivity contribution is 0.220. The zero-order valence-corrected chi connectivity index (χ0v) is 37.6. The Morgan fingerprint density at radius 3 is 1.27 bits per heavy atom.